The van der Waals surface area contributed by atoms with Crippen LogP contribution in [0.1, 0.15) is 25.8 Å². The van der Waals surface area contributed by atoms with Crippen LogP contribution >= 0.6 is 0 Å². The second-order valence-electron chi connectivity index (χ2n) is 4.99. The SMILES string of the molecule is CCC1COC(C)CN1Cc1ccc(N)c(F)c1. The van der Waals surface area contributed by atoms with Gasteiger partial charge in [-0.25, -0.2) is 4.39 Å². The van der Waals surface area contributed by atoms with E-state index in [4.69, 9.17) is 10.5 Å². The molecule has 0 aliphatic carbocycles. The van der Waals surface area contributed by atoms with Gasteiger partial charge in [0.1, 0.15) is 5.82 Å². The summed E-state index contributed by atoms with van der Waals surface area (Å²) in [5.41, 5.74) is 6.67. The van der Waals surface area contributed by atoms with E-state index in [0.717, 1.165) is 31.7 Å². The van der Waals surface area contributed by atoms with Crippen LogP contribution in [-0.4, -0.2) is 30.2 Å². The largest absolute Gasteiger partial charge is 0.396 e. The first-order chi connectivity index (χ1) is 8.60. The molecule has 1 aliphatic heterocycles. The van der Waals surface area contributed by atoms with Gasteiger partial charge in [-0.2, -0.15) is 0 Å². The van der Waals surface area contributed by atoms with Gasteiger partial charge < -0.3 is 10.5 Å². The van der Waals surface area contributed by atoms with Crippen LogP contribution in [0, 0.1) is 5.82 Å². The molecule has 0 saturated carbocycles. The number of halogens is 1. The minimum atomic E-state index is -0.332. The van der Waals surface area contributed by atoms with E-state index in [2.05, 4.69) is 18.7 Å². The van der Waals surface area contributed by atoms with Crippen molar-refractivity contribution in [2.75, 3.05) is 18.9 Å². The van der Waals surface area contributed by atoms with E-state index in [-0.39, 0.29) is 17.6 Å². The number of ether oxygens (including phenoxy) is 1. The number of nitrogen functional groups attached to an aromatic ring is 1. The van der Waals surface area contributed by atoms with Crippen LogP contribution in [0.3, 0.4) is 0 Å². The molecule has 0 spiro atoms. The predicted molar refractivity (Wildman–Crippen MR) is 70.7 cm³/mol. The van der Waals surface area contributed by atoms with Crippen LogP contribution in [0.5, 0.6) is 0 Å². The van der Waals surface area contributed by atoms with Gasteiger partial charge in [0.05, 0.1) is 18.4 Å². The van der Waals surface area contributed by atoms with Gasteiger partial charge in [-0.3, -0.25) is 4.90 Å². The molecular formula is C14H21FN2O. The van der Waals surface area contributed by atoms with E-state index >= 15 is 0 Å². The smallest absolute Gasteiger partial charge is 0.146 e. The molecule has 1 aliphatic rings. The summed E-state index contributed by atoms with van der Waals surface area (Å²) >= 11 is 0. The molecule has 1 fully saturated rings. The van der Waals surface area contributed by atoms with E-state index in [0.29, 0.717) is 6.04 Å². The van der Waals surface area contributed by atoms with E-state index in [1.807, 2.05) is 6.07 Å². The maximum Gasteiger partial charge on any atom is 0.146 e. The maximum atomic E-state index is 13.4. The Morgan fingerprint density at radius 1 is 1.50 bits per heavy atom. The number of hydrogen-bond donors (Lipinski definition) is 1. The van der Waals surface area contributed by atoms with E-state index in [1.54, 1.807) is 6.07 Å². The lowest BCUT2D eigenvalue weighted by Gasteiger charge is -2.38. The average Bonchev–Trinajstić information content (AvgIpc) is 2.34. The Bertz CT molecular complexity index is 411. The molecule has 2 unspecified atom stereocenters. The van der Waals surface area contributed by atoms with Crippen LogP contribution in [0.15, 0.2) is 18.2 Å². The number of rotatable bonds is 3. The van der Waals surface area contributed by atoms with Gasteiger partial charge in [0, 0.05) is 19.1 Å². The molecule has 0 radical (unpaired) electrons. The highest BCUT2D eigenvalue weighted by molar-refractivity contribution is 5.41. The van der Waals surface area contributed by atoms with Crippen LogP contribution in [-0.2, 0) is 11.3 Å². The summed E-state index contributed by atoms with van der Waals surface area (Å²) in [4.78, 5) is 2.36. The van der Waals surface area contributed by atoms with Gasteiger partial charge in [-0.05, 0) is 31.0 Å². The number of nitrogens with two attached hydrogens (primary N) is 1. The van der Waals surface area contributed by atoms with Gasteiger partial charge in [0.2, 0.25) is 0 Å². The minimum Gasteiger partial charge on any atom is -0.396 e. The maximum absolute atomic E-state index is 13.4. The first-order valence-electron chi connectivity index (χ1n) is 6.49. The van der Waals surface area contributed by atoms with E-state index in [1.165, 1.54) is 6.07 Å². The second-order valence-corrected chi connectivity index (χ2v) is 4.99. The van der Waals surface area contributed by atoms with Crippen molar-refractivity contribution < 1.29 is 9.13 Å². The fourth-order valence-corrected chi connectivity index (χ4v) is 2.39. The van der Waals surface area contributed by atoms with Crippen LogP contribution in [0.2, 0.25) is 0 Å². The molecule has 1 saturated heterocycles. The average molecular weight is 252 g/mol. The van der Waals surface area contributed by atoms with Crippen molar-refractivity contribution in [2.45, 2.75) is 39.0 Å². The fraction of sp³-hybridized carbons (Fsp3) is 0.571. The summed E-state index contributed by atoms with van der Waals surface area (Å²) in [6.45, 7) is 6.63. The van der Waals surface area contributed by atoms with Crippen molar-refractivity contribution >= 4 is 5.69 Å². The third kappa shape index (κ3) is 3.00. The molecule has 4 heteroatoms. The van der Waals surface area contributed by atoms with Crippen molar-refractivity contribution in [3.63, 3.8) is 0 Å². The quantitative estimate of drug-likeness (QED) is 0.840. The van der Waals surface area contributed by atoms with Gasteiger partial charge in [0.15, 0.2) is 0 Å². The fourth-order valence-electron chi connectivity index (χ4n) is 2.39. The Balaban J connectivity index is 2.08. The monoisotopic (exact) mass is 252 g/mol. The topological polar surface area (TPSA) is 38.5 Å². The van der Waals surface area contributed by atoms with E-state index < -0.39 is 0 Å². The zero-order chi connectivity index (χ0) is 13.1. The molecule has 2 rings (SSSR count). The molecule has 1 heterocycles. The summed E-state index contributed by atoms with van der Waals surface area (Å²) in [6.07, 6.45) is 1.29. The summed E-state index contributed by atoms with van der Waals surface area (Å²) in [5, 5.41) is 0. The van der Waals surface area contributed by atoms with E-state index in [9.17, 15) is 4.39 Å². The zero-order valence-electron chi connectivity index (χ0n) is 11.0. The molecule has 0 amide bonds. The Morgan fingerprint density at radius 2 is 2.28 bits per heavy atom. The van der Waals surface area contributed by atoms with Crippen molar-refractivity contribution in [1.82, 2.24) is 4.90 Å². The van der Waals surface area contributed by atoms with Crippen molar-refractivity contribution in [3.8, 4) is 0 Å². The number of benzene rings is 1. The lowest BCUT2D eigenvalue weighted by molar-refractivity contribution is -0.0592. The van der Waals surface area contributed by atoms with Crippen LogP contribution in [0.4, 0.5) is 10.1 Å². The molecule has 3 nitrogen and oxygen atoms in total. The standard InChI is InChI=1S/C14H21FN2O/c1-3-12-9-18-10(2)7-17(12)8-11-4-5-14(16)13(15)6-11/h4-6,10,12H,3,7-9,16H2,1-2H3. The third-order valence-corrected chi connectivity index (χ3v) is 3.50. The van der Waals surface area contributed by atoms with Gasteiger partial charge in [-0.15, -0.1) is 0 Å². The Morgan fingerprint density at radius 3 is 2.94 bits per heavy atom. The van der Waals surface area contributed by atoms with Crippen LogP contribution in [0.25, 0.3) is 0 Å². The van der Waals surface area contributed by atoms with Crippen LogP contribution < -0.4 is 5.73 Å². The normalized spacial score (nSPS) is 25.3. The molecule has 1 aromatic rings. The summed E-state index contributed by atoms with van der Waals surface area (Å²) in [7, 11) is 0. The Kier molecular flexibility index (Phi) is 4.19. The third-order valence-electron chi connectivity index (χ3n) is 3.50. The first-order valence-corrected chi connectivity index (χ1v) is 6.49. The highest BCUT2D eigenvalue weighted by Gasteiger charge is 2.25. The highest BCUT2D eigenvalue weighted by atomic mass is 19.1. The number of anilines is 1. The highest BCUT2D eigenvalue weighted by Crippen LogP contribution is 2.19. The summed E-state index contributed by atoms with van der Waals surface area (Å²) < 4.78 is 19.1. The zero-order valence-corrected chi connectivity index (χ0v) is 11.0. The Hall–Kier alpha value is -1.13. The lowest BCUT2D eigenvalue weighted by atomic mass is 10.1. The van der Waals surface area contributed by atoms with Gasteiger partial charge in [0.25, 0.3) is 0 Å². The second kappa shape index (κ2) is 5.67. The molecule has 1 aromatic carbocycles. The predicted octanol–water partition coefficient (Wildman–Crippen LogP) is 2.41. The van der Waals surface area contributed by atoms with Crippen molar-refractivity contribution in [1.29, 1.82) is 0 Å². The number of morpholine rings is 1. The molecule has 100 valence electrons. The summed E-state index contributed by atoms with van der Waals surface area (Å²) in [5.74, 6) is -0.332. The van der Waals surface area contributed by atoms with Crippen molar-refractivity contribution in [2.24, 2.45) is 0 Å². The molecule has 0 aromatic heterocycles. The minimum absolute atomic E-state index is 0.209. The molecule has 2 N–H and O–H groups in total. The molecule has 18 heavy (non-hydrogen) atoms. The number of nitrogens with zero attached hydrogens (tertiary/aromatic N) is 1. The molecule has 0 bridgehead atoms. The van der Waals surface area contributed by atoms with Gasteiger partial charge >= 0.3 is 0 Å². The lowest BCUT2D eigenvalue weighted by Crippen LogP contribution is -2.47. The first kappa shape index (κ1) is 13.3. The van der Waals surface area contributed by atoms with Crippen molar-refractivity contribution in [3.05, 3.63) is 29.6 Å². The number of hydrogen-bond acceptors (Lipinski definition) is 3. The van der Waals surface area contributed by atoms with Gasteiger partial charge in [-0.1, -0.05) is 13.0 Å². The Labute approximate surface area is 108 Å². The summed E-state index contributed by atoms with van der Waals surface area (Å²) in [6, 6.07) is 5.48. The molecule has 2 atom stereocenters. The molecular weight excluding hydrogens is 231 g/mol.